The fourth-order valence-electron chi connectivity index (χ4n) is 5.98. The number of aromatic hydroxyl groups is 1. The second-order valence-corrected chi connectivity index (χ2v) is 10.6. The number of phenolic OH excluding ortho intramolecular Hbond substituents is 1. The summed E-state index contributed by atoms with van der Waals surface area (Å²) >= 11 is 0. The van der Waals surface area contributed by atoms with Crippen LogP contribution >= 0.6 is 0 Å². The number of phenols is 1. The molecule has 0 saturated carbocycles. The van der Waals surface area contributed by atoms with E-state index in [1.165, 1.54) is 14.2 Å². The van der Waals surface area contributed by atoms with Crippen molar-refractivity contribution in [2.24, 2.45) is 11.8 Å². The highest BCUT2D eigenvalue weighted by molar-refractivity contribution is 5.76. The highest BCUT2D eigenvalue weighted by Crippen LogP contribution is 2.49. The van der Waals surface area contributed by atoms with Gasteiger partial charge in [0.1, 0.15) is 24.4 Å². The van der Waals surface area contributed by atoms with Crippen LogP contribution < -0.4 is 18.9 Å². The summed E-state index contributed by atoms with van der Waals surface area (Å²) in [5.41, 5.74) is 1.73. The summed E-state index contributed by atoms with van der Waals surface area (Å²) in [6, 6.07) is 8.79. The topological polar surface area (TPSA) is 161 Å². The van der Waals surface area contributed by atoms with E-state index in [4.69, 9.17) is 42.6 Å². The molecule has 4 heterocycles. The van der Waals surface area contributed by atoms with Crippen LogP contribution in [0.3, 0.4) is 0 Å². The predicted molar refractivity (Wildman–Crippen MR) is 144 cm³/mol. The van der Waals surface area contributed by atoms with E-state index in [2.05, 4.69) is 0 Å². The number of para-hydroxylation sites is 1. The van der Waals surface area contributed by atoms with Crippen molar-refractivity contribution in [2.45, 2.75) is 56.4 Å². The third-order valence-electron chi connectivity index (χ3n) is 8.17. The summed E-state index contributed by atoms with van der Waals surface area (Å²) in [4.78, 5) is 12.3. The van der Waals surface area contributed by atoms with Crippen LogP contribution in [-0.4, -0.2) is 92.5 Å². The molecule has 0 aromatic heterocycles. The number of fused-ring (bicyclic) bond motifs is 4. The number of rotatable bonds is 4. The molecule has 2 aromatic carbocycles. The summed E-state index contributed by atoms with van der Waals surface area (Å²) in [6.07, 6.45) is -5.55. The maximum Gasteiger partial charge on any atom is 0.309 e. The zero-order valence-corrected chi connectivity index (χ0v) is 23.3. The van der Waals surface area contributed by atoms with Crippen molar-refractivity contribution < 1.29 is 65.6 Å². The molecule has 42 heavy (non-hydrogen) atoms. The molecule has 3 fully saturated rings. The van der Waals surface area contributed by atoms with Gasteiger partial charge in [-0.2, -0.15) is 0 Å². The molecule has 13 nitrogen and oxygen atoms in total. The normalized spacial score (nSPS) is 34.2. The van der Waals surface area contributed by atoms with E-state index in [1.807, 2.05) is 12.1 Å². The van der Waals surface area contributed by atoms with Crippen molar-refractivity contribution in [3.05, 3.63) is 41.5 Å². The Morgan fingerprint density at radius 1 is 0.952 bits per heavy atom. The number of methoxy groups -OCH3 is 2. The molecule has 3 N–H and O–H groups in total. The maximum atomic E-state index is 12.3. The van der Waals surface area contributed by atoms with Crippen molar-refractivity contribution in [2.75, 3.05) is 34.2 Å². The molecule has 9 atom stereocenters. The van der Waals surface area contributed by atoms with E-state index in [-0.39, 0.29) is 46.4 Å². The first-order valence-corrected chi connectivity index (χ1v) is 13.7. The van der Waals surface area contributed by atoms with E-state index < -0.39 is 43.1 Å². The fourth-order valence-corrected chi connectivity index (χ4v) is 5.98. The quantitative estimate of drug-likeness (QED) is 0.441. The molecule has 0 spiro atoms. The number of aliphatic hydroxyl groups excluding tert-OH is 2. The number of benzene rings is 2. The first-order chi connectivity index (χ1) is 20.3. The van der Waals surface area contributed by atoms with Gasteiger partial charge in [-0.15, -0.1) is 0 Å². The smallest absolute Gasteiger partial charge is 0.309 e. The third kappa shape index (κ3) is 5.21. The molecule has 1 aliphatic carbocycles. The van der Waals surface area contributed by atoms with Gasteiger partial charge >= 0.3 is 5.97 Å². The minimum absolute atomic E-state index is 0. The Morgan fingerprint density at radius 3 is 2.38 bits per heavy atom. The monoisotopic (exact) mass is 594 g/mol. The van der Waals surface area contributed by atoms with Gasteiger partial charge < -0.3 is 58.0 Å². The van der Waals surface area contributed by atoms with Crippen LogP contribution in [0, 0.1) is 11.8 Å². The van der Waals surface area contributed by atoms with E-state index in [0.29, 0.717) is 29.4 Å². The number of carbonyl (C=O) groups excluding carboxylic acids is 1. The molecule has 0 bridgehead atoms. The lowest BCUT2D eigenvalue weighted by Gasteiger charge is -2.47. The van der Waals surface area contributed by atoms with Gasteiger partial charge in [0, 0.05) is 8.77 Å². The van der Waals surface area contributed by atoms with Crippen LogP contribution in [0.2, 0.25) is 0 Å². The maximum absolute atomic E-state index is 12.3. The van der Waals surface area contributed by atoms with E-state index in [1.54, 1.807) is 25.1 Å². The number of cyclic esters (lactones) is 1. The van der Waals surface area contributed by atoms with Crippen LogP contribution in [0.25, 0.3) is 0 Å². The lowest BCUT2D eigenvalue weighted by Crippen LogP contribution is -2.63. The fraction of sp³-hybridized carbons (Fsp3) is 0.552. The minimum Gasteiger partial charge on any atom is -0.502 e. The number of aliphatic hydroxyl groups is 2. The second-order valence-electron chi connectivity index (χ2n) is 10.6. The Hall–Kier alpha value is -3.33. The van der Waals surface area contributed by atoms with Gasteiger partial charge in [-0.05, 0) is 48.7 Å². The van der Waals surface area contributed by atoms with Gasteiger partial charge in [-0.1, -0.05) is 6.07 Å². The molecule has 7 rings (SSSR count). The van der Waals surface area contributed by atoms with Gasteiger partial charge in [-0.25, -0.2) is 0 Å². The number of carbonyl (C=O) groups is 1. The SMILES string of the molecule is COc1cccc(OC)c1O.C[C@@H]1OCC2O[C@@H](O[C@@H]3c4cc5c(cc4C[C@H]4C(=O)OCC34)OCO5)[C@H](O)[C@@H](O)[C@@H]2O1.[HH].[HH]. The summed E-state index contributed by atoms with van der Waals surface area (Å²) < 4.78 is 49.3. The van der Waals surface area contributed by atoms with Crippen molar-refractivity contribution >= 4 is 5.97 Å². The molecule has 5 aliphatic rings. The summed E-state index contributed by atoms with van der Waals surface area (Å²) in [7, 11) is 2.99. The second kappa shape index (κ2) is 11.7. The lowest BCUT2D eigenvalue weighted by molar-refractivity contribution is -0.364. The Morgan fingerprint density at radius 2 is 1.67 bits per heavy atom. The molecule has 2 aromatic rings. The predicted octanol–water partition coefficient (Wildman–Crippen LogP) is 1.93. The molecular formula is C29H38O13. The summed E-state index contributed by atoms with van der Waals surface area (Å²) in [5, 5.41) is 30.7. The van der Waals surface area contributed by atoms with Gasteiger partial charge in [-0.3, -0.25) is 4.79 Å². The molecular weight excluding hydrogens is 556 g/mol. The van der Waals surface area contributed by atoms with Crippen molar-refractivity contribution in [1.29, 1.82) is 0 Å². The Kier molecular flexibility index (Phi) is 8.05. The van der Waals surface area contributed by atoms with Gasteiger partial charge in [0.2, 0.25) is 12.5 Å². The number of esters is 1. The molecule has 0 amide bonds. The Labute approximate surface area is 244 Å². The van der Waals surface area contributed by atoms with Gasteiger partial charge in [0.25, 0.3) is 0 Å². The van der Waals surface area contributed by atoms with Gasteiger partial charge in [0.05, 0.1) is 39.5 Å². The van der Waals surface area contributed by atoms with Gasteiger partial charge in [0.15, 0.2) is 35.6 Å². The highest BCUT2D eigenvalue weighted by Gasteiger charge is 2.52. The van der Waals surface area contributed by atoms with Crippen molar-refractivity contribution in [3.63, 3.8) is 0 Å². The highest BCUT2D eigenvalue weighted by atomic mass is 16.8. The number of ether oxygens (including phenoxy) is 9. The summed E-state index contributed by atoms with van der Waals surface area (Å²) in [5.74, 6) is 1.23. The van der Waals surface area contributed by atoms with Crippen molar-refractivity contribution in [1.82, 2.24) is 0 Å². The van der Waals surface area contributed by atoms with Crippen molar-refractivity contribution in [3.8, 4) is 28.7 Å². The van der Waals surface area contributed by atoms with E-state index >= 15 is 0 Å². The molecule has 2 unspecified atom stereocenters. The molecule has 0 radical (unpaired) electrons. The van der Waals surface area contributed by atoms with Crippen LogP contribution in [0.5, 0.6) is 28.7 Å². The molecule has 232 valence electrons. The van der Waals surface area contributed by atoms with Crippen LogP contribution in [0.4, 0.5) is 0 Å². The molecule has 13 heteroatoms. The standard InChI is InChI=1S/C21H24O10.C8H10O3.2H2/c1-8-25-6-15-19(29-8)16(22)17(23)21(30-15)31-18-10-4-14-13(27-7-28-14)3-9(10)2-11-12(18)5-26-20(11)24;1-10-6-4-3-5-7(11-2)8(6)9;;/h3-4,8,11-12,15-19,21-23H,2,5-7H2,1H3;3-5,9H,1-2H3;2*1H/t8-,11-,12?,15?,16-,17-,18-,19-,21+;;;/m1.../s1. The van der Waals surface area contributed by atoms with Crippen LogP contribution in [0.1, 0.15) is 27.0 Å². The average molecular weight is 595 g/mol. The Balaban J connectivity index is 0.000000292. The first kappa shape index (κ1) is 28.8. The Bertz CT molecular complexity index is 1290. The number of hydrogen-bond acceptors (Lipinski definition) is 13. The third-order valence-corrected chi connectivity index (χ3v) is 8.17. The van der Waals surface area contributed by atoms with Crippen LogP contribution in [0.15, 0.2) is 30.3 Å². The largest absolute Gasteiger partial charge is 0.502 e. The van der Waals surface area contributed by atoms with E-state index in [9.17, 15) is 20.1 Å². The lowest BCUT2D eigenvalue weighted by atomic mass is 9.75. The van der Waals surface area contributed by atoms with E-state index in [0.717, 1.165) is 11.1 Å². The molecule has 4 aliphatic heterocycles. The zero-order valence-electron chi connectivity index (χ0n) is 23.3. The van der Waals surface area contributed by atoms with Crippen LogP contribution in [-0.2, 0) is 34.9 Å². The first-order valence-electron chi connectivity index (χ1n) is 13.7. The number of hydrogen-bond donors (Lipinski definition) is 3. The average Bonchev–Trinajstić information content (AvgIpc) is 3.61. The summed E-state index contributed by atoms with van der Waals surface area (Å²) in [6.45, 7) is 2.28. The zero-order chi connectivity index (χ0) is 29.5. The minimum atomic E-state index is -1.33. The molecule has 3 saturated heterocycles.